The molecule has 68 valence electrons. The summed E-state index contributed by atoms with van der Waals surface area (Å²) >= 11 is 0. The molecule has 2 rings (SSSR count). The van der Waals surface area contributed by atoms with Gasteiger partial charge >= 0.3 is 0 Å². The summed E-state index contributed by atoms with van der Waals surface area (Å²) < 4.78 is 6.63. The fourth-order valence-electron chi connectivity index (χ4n) is 1.07. The van der Waals surface area contributed by atoms with Crippen LogP contribution in [0, 0.1) is 0 Å². The Bertz CT molecular complexity index is 366. The van der Waals surface area contributed by atoms with Gasteiger partial charge in [-0.1, -0.05) is 12.1 Å². The molecule has 0 amide bonds. The van der Waals surface area contributed by atoms with Crippen LogP contribution in [0.3, 0.4) is 0 Å². The van der Waals surface area contributed by atoms with Crippen LogP contribution >= 0.6 is 0 Å². The van der Waals surface area contributed by atoms with E-state index < -0.39 is 0 Å². The summed E-state index contributed by atoms with van der Waals surface area (Å²) in [5, 5.41) is 14.9. The van der Waals surface area contributed by atoms with E-state index in [4.69, 9.17) is 4.52 Å². The van der Waals surface area contributed by atoms with Crippen LogP contribution < -0.4 is 0 Å². The minimum absolute atomic E-state index is 0.538. The Balaban J connectivity index is 2.18. The highest BCUT2D eigenvalue weighted by atomic mass is 16.5. The number of hydrogen-bond acceptors (Lipinski definition) is 5. The minimum atomic E-state index is 0.538. The summed E-state index contributed by atoms with van der Waals surface area (Å²) in [7, 11) is 0. The zero-order valence-electron chi connectivity index (χ0n) is 7.21. The zero-order valence-corrected chi connectivity index (χ0v) is 7.21. The Morgan fingerprint density at radius 2 is 2.46 bits per heavy atom. The predicted molar refractivity (Wildman–Crippen MR) is 42.8 cm³/mol. The molecule has 0 N–H and O–H groups in total. The van der Waals surface area contributed by atoms with Gasteiger partial charge in [-0.3, -0.25) is 0 Å². The molecule has 0 fully saturated rings. The van der Waals surface area contributed by atoms with Gasteiger partial charge in [-0.25, -0.2) is 4.68 Å². The van der Waals surface area contributed by atoms with E-state index in [1.165, 1.54) is 0 Å². The molecule has 0 saturated heterocycles. The molecule has 6 nitrogen and oxygen atoms in total. The first kappa shape index (κ1) is 7.90. The van der Waals surface area contributed by atoms with Crippen molar-refractivity contribution in [1.82, 2.24) is 25.4 Å². The fourth-order valence-corrected chi connectivity index (χ4v) is 1.07. The van der Waals surface area contributed by atoms with Crippen LogP contribution in [0.1, 0.15) is 18.5 Å². The predicted octanol–water partition coefficient (Wildman–Crippen LogP) is 0.272. The Morgan fingerprint density at radius 1 is 1.54 bits per heavy atom. The topological polar surface area (TPSA) is 69.6 Å². The third-order valence-corrected chi connectivity index (χ3v) is 1.72. The summed E-state index contributed by atoms with van der Waals surface area (Å²) in [6.07, 6.45) is 2.41. The summed E-state index contributed by atoms with van der Waals surface area (Å²) in [6.45, 7) is 2.54. The van der Waals surface area contributed by atoms with Crippen LogP contribution in [-0.2, 0) is 13.0 Å². The minimum Gasteiger partial charge on any atom is -0.359 e. The lowest BCUT2D eigenvalue weighted by Gasteiger charge is -1.97. The largest absolute Gasteiger partial charge is 0.359 e. The first-order valence-electron chi connectivity index (χ1n) is 4.04. The Labute approximate surface area is 74.5 Å². The number of aromatic nitrogens is 5. The Morgan fingerprint density at radius 3 is 3.15 bits per heavy atom. The van der Waals surface area contributed by atoms with Crippen molar-refractivity contribution < 1.29 is 4.52 Å². The molecule has 0 atom stereocenters. The van der Waals surface area contributed by atoms with E-state index in [1.807, 2.05) is 6.92 Å². The summed E-state index contributed by atoms with van der Waals surface area (Å²) in [6, 6.07) is 1.79. The smallest absolute Gasteiger partial charge is 0.158 e. The summed E-state index contributed by atoms with van der Waals surface area (Å²) in [5.41, 5.74) is 0. The standard InChI is InChI=1S/C7H9N5O/c1-2-7-9-10-11-12(7)5-6-3-4-8-13-6/h3-4H,2,5H2,1H3. The van der Waals surface area contributed by atoms with Gasteiger partial charge in [0.2, 0.25) is 0 Å². The molecule has 2 heterocycles. The van der Waals surface area contributed by atoms with Gasteiger partial charge in [-0.15, -0.1) is 5.10 Å². The van der Waals surface area contributed by atoms with E-state index in [9.17, 15) is 0 Å². The molecule has 2 aromatic rings. The van der Waals surface area contributed by atoms with Gasteiger partial charge in [-0.05, 0) is 10.4 Å². The Kier molecular flexibility index (Phi) is 2.03. The van der Waals surface area contributed by atoms with Crippen LogP contribution in [0.2, 0.25) is 0 Å². The highest BCUT2D eigenvalue weighted by Gasteiger charge is 2.05. The molecule has 0 saturated carbocycles. The number of hydrogen-bond donors (Lipinski definition) is 0. The molecule has 0 aliphatic carbocycles. The lowest BCUT2D eigenvalue weighted by Crippen LogP contribution is -2.05. The molecular formula is C7H9N5O. The van der Waals surface area contributed by atoms with E-state index in [1.54, 1.807) is 16.9 Å². The quantitative estimate of drug-likeness (QED) is 0.676. The lowest BCUT2D eigenvalue weighted by atomic mass is 10.4. The molecule has 0 aromatic carbocycles. The van der Waals surface area contributed by atoms with Crippen molar-refractivity contribution in [1.29, 1.82) is 0 Å². The Hall–Kier alpha value is -1.72. The number of tetrazole rings is 1. The molecular weight excluding hydrogens is 170 g/mol. The van der Waals surface area contributed by atoms with E-state index in [2.05, 4.69) is 20.7 Å². The highest BCUT2D eigenvalue weighted by Crippen LogP contribution is 2.01. The van der Waals surface area contributed by atoms with Crippen molar-refractivity contribution >= 4 is 0 Å². The van der Waals surface area contributed by atoms with E-state index in [0.717, 1.165) is 18.0 Å². The second-order valence-corrected chi connectivity index (χ2v) is 2.59. The average Bonchev–Trinajstić information content (AvgIpc) is 2.76. The maximum Gasteiger partial charge on any atom is 0.158 e. The van der Waals surface area contributed by atoms with E-state index >= 15 is 0 Å². The average molecular weight is 179 g/mol. The van der Waals surface area contributed by atoms with Crippen LogP contribution in [0.5, 0.6) is 0 Å². The van der Waals surface area contributed by atoms with Gasteiger partial charge in [0, 0.05) is 12.5 Å². The highest BCUT2D eigenvalue weighted by molar-refractivity contribution is 4.94. The summed E-state index contributed by atoms with van der Waals surface area (Å²) in [4.78, 5) is 0. The van der Waals surface area contributed by atoms with Crippen molar-refractivity contribution in [3.05, 3.63) is 23.8 Å². The first-order chi connectivity index (χ1) is 6.40. The molecule has 0 unspecified atom stereocenters. The van der Waals surface area contributed by atoms with Crippen molar-refractivity contribution in [2.45, 2.75) is 19.9 Å². The van der Waals surface area contributed by atoms with Crippen LogP contribution in [0.25, 0.3) is 0 Å². The second-order valence-electron chi connectivity index (χ2n) is 2.59. The molecule has 0 aliphatic rings. The summed E-state index contributed by atoms with van der Waals surface area (Å²) in [5.74, 6) is 1.60. The van der Waals surface area contributed by atoms with Crippen LogP contribution in [0.15, 0.2) is 16.8 Å². The van der Waals surface area contributed by atoms with Gasteiger partial charge < -0.3 is 4.52 Å². The lowest BCUT2D eigenvalue weighted by molar-refractivity contribution is 0.368. The molecule has 6 heteroatoms. The van der Waals surface area contributed by atoms with Crippen molar-refractivity contribution in [3.63, 3.8) is 0 Å². The van der Waals surface area contributed by atoms with Gasteiger partial charge in [0.15, 0.2) is 11.6 Å². The van der Waals surface area contributed by atoms with Crippen molar-refractivity contribution in [2.75, 3.05) is 0 Å². The molecule has 2 aromatic heterocycles. The molecule has 0 bridgehead atoms. The fraction of sp³-hybridized carbons (Fsp3) is 0.429. The van der Waals surface area contributed by atoms with Crippen molar-refractivity contribution in [3.8, 4) is 0 Å². The second kappa shape index (κ2) is 3.34. The van der Waals surface area contributed by atoms with Gasteiger partial charge in [-0.2, -0.15) is 0 Å². The van der Waals surface area contributed by atoms with E-state index in [-0.39, 0.29) is 0 Å². The number of aryl methyl sites for hydroxylation is 1. The third kappa shape index (κ3) is 1.56. The SMILES string of the molecule is CCc1nnnn1Cc1ccno1. The number of nitrogens with zero attached hydrogens (tertiary/aromatic N) is 5. The maximum atomic E-state index is 4.94. The van der Waals surface area contributed by atoms with Crippen LogP contribution in [0.4, 0.5) is 0 Å². The zero-order chi connectivity index (χ0) is 9.10. The third-order valence-electron chi connectivity index (χ3n) is 1.72. The normalized spacial score (nSPS) is 10.5. The van der Waals surface area contributed by atoms with Gasteiger partial charge in [0.1, 0.15) is 6.54 Å². The van der Waals surface area contributed by atoms with Crippen molar-refractivity contribution in [2.24, 2.45) is 0 Å². The van der Waals surface area contributed by atoms with E-state index in [0.29, 0.717) is 6.54 Å². The maximum absolute atomic E-state index is 4.94. The molecule has 13 heavy (non-hydrogen) atoms. The monoisotopic (exact) mass is 179 g/mol. The first-order valence-corrected chi connectivity index (χ1v) is 4.04. The van der Waals surface area contributed by atoms with Crippen LogP contribution in [-0.4, -0.2) is 25.4 Å². The molecule has 0 radical (unpaired) electrons. The number of rotatable bonds is 3. The van der Waals surface area contributed by atoms with Gasteiger partial charge in [0.25, 0.3) is 0 Å². The molecule has 0 spiro atoms. The molecule has 0 aliphatic heterocycles. The van der Waals surface area contributed by atoms with Gasteiger partial charge in [0.05, 0.1) is 6.20 Å².